The van der Waals surface area contributed by atoms with Crippen molar-refractivity contribution in [1.29, 1.82) is 0 Å². The molecule has 5 heteroatoms. The standard InChI is InChI=1S/C20H21BrO4/c1-14(2)6-5-13-24-19(22)17-7-3-4-8-18(17)20(23)25-16-11-9-15(21)10-12-16/h3-4,7-12,14H,5-6,13H2,1-2H3. The van der Waals surface area contributed by atoms with Gasteiger partial charge < -0.3 is 9.47 Å². The van der Waals surface area contributed by atoms with E-state index in [2.05, 4.69) is 29.8 Å². The van der Waals surface area contributed by atoms with Gasteiger partial charge in [0, 0.05) is 4.47 Å². The summed E-state index contributed by atoms with van der Waals surface area (Å²) < 4.78 is 11.5. The smallest absolute Gasteiger partial charge is 0.344 e. The molecule has 0 saturated carbocycles. The number of benzene rings is 2. The van der Waals surface area contributed by atoms with Crippen LogP contribution in [-0.4, -0.2) is 18.5 Å². The molecule has 0 bridgehead atoms. The van der Waals surface area contributed by atoms with Crippen LogP contribution in [0.15, 0.2) is 53.0 Å². The fourth-order valence-electron chi connectivity index (χ4n) is 2.24. The maximum Gasteiger partial charge on any atom is 0.344 e. The monoisotopic (exact) mass is 404 g/mol. The third-order valence-corrected chi connectivity index (χ3v) is 4.08. The van der Waals surface area contributed by atoms with Crippen LogP contribution in [0.5, 0.6) is 5.75 Å². The van der Waals surface area contributed by atoms with Gasteiger partial charge in [-0.1, -0.05) is 41.9 Å². The zero-order valence-corrected chi connectivity index (χ0v) is 15.9. The molecule has 0 fully saturated rings. The van der Waals surface area contributed by atoms with Crippen molar-refractivity contribution in [3.63, 3.8) is 0 Å². The first kappa shape index (κ1) is 19.2. The van der Waals surface area contributed by atoms with Crippen molar-refractivity contribution in [2.75, 3.05) is 6.61 Å². The minimum absolute atomic E-state index is 0.194. The number of ether oxygens (including phenoxy) is 2. The van der Waals surface area contributed by atoms with Crippen LogP contribution in [0.1, 0.15) is 47.4 Å². The van der Waals surface area contributed by atoms with Gasteiger partial charge in [-0.15, -0.1) is 0 Å². The van der Waals surface area contributed by atoms with Gasteiger partial charge in [-0.3, -0.25) is 0 Å². The number of rotatable bonds is 7. The Morgan fingerprint density at radius 2 is 1.56 bits per heavy atom. The number of esters is 2. The normalized spacial score (nSPS) is 10.6. The predicted molar refractivity (Wildman–Crippen MR) is 99.9 cm³/mol. The van der Waals surface area contributed by atoms with E-state index in [0.717, 1.165) is 17.3 Å². The predicted octanol–water partition coefficient (Wildman–Crippen LogP) is 5.26. The summed E-state index contributed by atoms with van der Waals surface area (Å²) in [7, 11) is 0. The highest BCUT2D eigenvalue weighted by atomic mass is 79.9. The molecule has 0 aliphatic heterocycles. The van der Waals surface area contributed by atoms with Crippen molar-refractivity contribution >= 4 is 27.9 Å². The van der Waals surface area contributed by atoms with Gasteiger partial charge in [0.1, 0.15) is 5.75 Å². The van der Waals surface area contributed by atoms with Gasteiger partial charge in [0.05, 0.1) is 17.7 Å². The lowest BCUT2D eigenvalue weighted by Gasteiger charge is -2.10. The van der Waals surface area contributed by atoms with Crippen molar-refractivity contribution in [3.05, 3.63) is 64.1 Å². The second kappa shape index (κ2) is 9.37. The Morgan fingerprint density at radius 3 is 2.16 bits per heavy atom. The van der Waals surface area contributed by atoms with Crippen molar-refractivity contribution < 1.29 is 19.1 Å². The molecule has 2 aromatic carbocycles. The number of hydrogen-bond donors (Lipinski definition) is 0. The van der Waals surface area contributed by atoms with Gasteiger partial charge in [-0.2, -0.15) is 0 Å². The van der Waals surface area contributed by atoms with E-state index in [4.69, 9.17) is 9.47 Å². The Balaban J connectivity index is 2.04. The van der Waals surface area contributed by atoms with Crippen LogP contribution in [0, 0.1) is 5.92 Å². The molecule has 0 aromatic heterocycles. The van der Waals surface area contributed by atoms with Gasteiger partial charge in [0.2, 0.25) is 0 Å². The van der Waals surface area contributed by atoms with Gasteiger partial charge in [0.15, 0.2) is 0 Å². The zero-order chi connectivity index (χ0) is 18.2. The highest BCUT2D eigenvalue weighted by molar-refractivity contribution is 9.10. The molecule has 0 aliphatic carbocycles. The van der Waals surface area contributed by atoms with E-state index >= 15 is 0 Å². The highest BCUT2D eigenvalue weighted by Gasteiger charge is 2.19. The molecule has 0 aliphatic rings. The molecule has 0 spiro atoms. The van der Waals surface area contributed by atoms with E-state index in [1.807, 2.05) is 0 Å². The summed E-state index contributed by atoms with van der Waals surface area (Å²) in [5.41, 5.74) is 0.411. The molecule has 0 unspecified atom stereocenters. The molecule has 2 rings (SSSR count). The Hall–Kier alpha value is -2.14. The van der Waals surface area contributed by atoms with Crippen molar-refractivity contribution in [1.82, 2.24) is 0 Å². The summed E-state index contributed by atoms with van der Waals surface area (Å²) in [5, 5.41) is 0. The largest absolute Gasteiger partial charge is 0.462 e. The SMILES string of the molecule is CC(C)CCCOC(=O)c1ccccc1C(=O)Oc1ccc(Br)cc1. The van der Waals surface area contributed by atoms with E-state index < -0.39 is 11.9 Å². The van der Waals surface area contributed by atoms with Crippen LogP contribution in [0.3, 0.4) is 0 Å². The number of carbonyl (C=O) groups excluding carboxylic acids is 2. The van der Waals surface area contributed by atoms with Gasteiger partial charge in [-0.25, -0.2) is 9.59 Å². The molecule has 0 radical (unpaired) electrons. The number of halogens is 1. The molecule has 132 valence electrons. The third kappa shape index (κ3) is 6.02. The lowest BCUT2D eigenvalue weighted by Crippen LogP contribution is -2.16. The van der Waals surface area contributed by atoms with Crippen molar-refractivity contribution in [3.8, 4) is 5.75 Å². The van der Waals surface area contributed by atoms with Crippen molar-refractivity contribution in [2.45, 2.75) is 26.7 Å². The average molecular weight is 405 g/mol. The molecule has 0 atom stereocenters. The second-order valence-electron chi connectivity index (χ2n) is 6.06. The van der Waals surface area contributed by atoms with Crippen molar-refractivity contribution in [2.24, 2.45) is 5.92 Å². The van der Waals surface area contributed by atoms with Crippen LogP contribution >= 0.6 is 15.9 Å². The van der Waals surface area contributed by atoms with Crippen LogP contribution < -0.4 is 4.74 Å². The summed E-state index contributed by atoms with van der Waals surface area (Å²) in [6, 6.07) is 13.4. The summed E-state index contributed by atoms with van der Waals surface area (Å²) in [6.07, 6.45) is 1.79. The van der Waals surface area contributed by atoms with Crippen LogP contribution in [0.4, 0.5) is 0 Å². The second-order valence-corrected chi connectivity index (χ2v) is 6.98. The third-order valence-electron chi connectivity index (χ3n) is 3.55. The summed E-state index contributed by atoms with van der Waals surface area (Å²) in [4.78, 5) is 24.7. The van der Waals surface area contributed by atoms with E-state index in [0.29, 0.717) is 18.3 Å². The van der Waals surface area contributed by atoms with E-state index in [1.54, 1.807) is 48.5 Å². The minimum atomic E-state index is -0.586. The molecule has 0 N–H and O–H groups in total. The van der Waals surface area contributed by atoms with E-state index in [-0.39, 0.29) is 11.1 Å². The summed E-state index contributed by atoms with van der Waals surface area (Å²) >= 11 is 3.32. The minimum Gasteiger partial charge on any atom is -0.462 e. The summed E-state index contributed by atoms with van der Waals surface area (Å²) in [5.74, 6) is -0.121. The van der Waals surface area contributed by atoms with E-state index in [1.165, 1.54) is 0 Å². The first-order valence-corrected chi connectivity index (χ1v) is 9.00. The van der Waals surface area contributed by atoms with Gasteiger partial charge >= 0.3 is 11.9 Å². The van der Waals surface area contributed by atoms with Crippen LogP contribution in [-0.2, 0) is 4.74 Å². The van der Waals surface area contributed by atoms with Crippen LogP contribution in [0.2, 0.25) is 0 Å². The Kier molecular flexibility index (Phi) is 7.19. The topological polar surface area (TPSA) is 52.6 Å². The quantitative estimate of drug-likeness (QED) is 0.358. The molecule has 0 saturated heterocycles. The molecule has 0 amide bonds. The number of carbonyl (C=O) groups is 2. The molecular formula is C20H21BrO4. The maximum atomic E-state index is 12.4. The Labute approximate surface area is 156 Å². The molecule has 25 heavy (non-hydrogen) atoms. The zero-order valence-electron chi connectivity index (χ0n) is 14.3. The lowest BCUT2D eigenvalue weighted by atomic mass is 10.1. The average Bonchev–Trinajstić information content (AvgIpc) is 2.60. The fraction of sp³-hybridized carbons (Fsp3) is 0.300. The molecule has 4 nitrogen and oxygen atoms in total. The first-order chi connectivity index (χ1) is 12.0. The van der Waals surface area contributed by atoms with Gasteiger partial charge in [-0.05, 0) is 55.2 Å². The number of hydrogen-bond acceptors (Lipinski definition) is 4. The highest BCUT2D eigenvalue weighted by Crippen LogP contribution is 2.19. The fourth-order valence-corrected chi connectivity index (χ4v) is 2.50. The van der Waals surface area contributed by atoms with Crippen LogP contribution in [0.25, 0.3) is 0 Å². The Bertz CT molecular complexity index is 723. The summed E-state index contributed by atoms with van der Waals surface area (Å²) in [6.45, 7) is 4.58. The Morgan fingerprint density at radius 1 is 0.960 bits per heavy atom. The molecule has 2 aromatic rings. The molecular weight excluding hydrogens is 384 g/mol. The molecule has 0 heterocycles. The lowest BCUT2D eigenvalue weighted by molar-refractivity contribution is 0.0486. The first-order valence-electron chi connectivity index (χ1n) is 8.21. The van der Waals surface area contributed by atoms with Gasteiger partial charge in [0.25, 0.3) is 0 Å². The maximum absolute atomic E-state index is 12.4. The van der Waals surface area contributed by atoms with E-state index in [9.17, 15) is 9.59 Å².